The smallest absolute Gasteiger partial charge is 0.550 e. The van der Waals surface area contributed by atoms with Crippen LogP contribution in [0.15, 0.2) is 23.8 Å². The number of carbonyl (C=O) groups excluding carboxylic acids is 3. The van der Waals surface area contributed by atoms with E-state index >= 15 is 0 Å². The number of ether oxygens (including phenoxy) is 2. The summed E-state index contributed by atoms with van der Waals surface area (Å²) in [5.41, 5.74) is -1.93. The van der Waals surface area contributed by atoms with E-state index in [0.29, 0.717) is 25.7 Å². The van der Waals surface area contributed by atoms with Gasteiger partial charge >= 0.3 is 57.4 Å². The van der Waals surface area contributed by atoms with Crippen molar-refractivity contribution in [2.45, 2.75) is 69.7 Å². The molecule has 0 amide bonds. The zero-order valence-electron chi connectivity index (χ0n) is 19.2. The molecule has 0 aromatic heterocycles. The number of carbonyl (C=O) groups is 3. The maximum absolute atomic E-state index is 12.9. The van der Waals surface area contributed by atoms with Crippen LogP contribution in [0, 0.1) is 28.6 Å². The van der Waals surface area contributed by atoms with E-state index in [0.717, 1.165) is 5.57 Å². The van der Waals surface area contributed by atoms with Crippen LogP contribution >= 0.6 is 0 Å². The number of carboxylic acids is 1. The first-order valence-electron chi connectivity index (χ1n) is 11.1. The number of aliphatic carboxylic acids is 1. The molecule has 2 unspecified atom stereocenters. The molecule has 0 aromatic carbocycles. The Morgan fingerprint density at radius 1 is 1.34 bits per heavy atom. The second kappa shape index (κ2) is 7.83. The van der Waals surface area contributed by atoms with Gasteiger partial charge in [0.1, 0.15) is 5.60 Å². The van der Waals surface area contributed by atoms with Crippen LogP contribution in [0.1, 0.15) is 52.4 Å². The van der Waals surface area contributed by atoms with Crippen molar-refractivity contribution in [1.29, 1.82) is 0 Å². The Bertz CT molecular complexity index is 943. The molecule has 1 N–H and O–H groups in total. The molecular weight excluding hydrogens is 439 g/mol. The molecule has 168 valence electrons. The molecule has 0 aromatic rings. The van der Waals surface area contributed by atoms with E-state index in [9.17, 15) is 24.6 Å². The maximum Gasteiger partial charge on any atom is 1.00 e. The van der Waals surface area contributed by atoms with Crippen molar-refractivity contribution in [1.82, 2.24) is 0 Å². The number of epoxide rings is 1. The number of methoxy groups -OCH3 is 1. The molecule has 8 atom stereocenters. The minimum atomic E-state index is -1.31. The molecule has 4 aliphatic carbocycles. The first kappa shape index (κ1) is 24.8. The van der Waals surface area contributed by atoms with E-state index in [1.807, 2.05) is 13.0 Å². The van der Waals surface area contributed by atoms with Crippen LogP contribution in [0.2, 0.25) is 0 Å². The molecule has 8 heteroatoms. The van der Waals surface area contributed by atoms with Crippen LogP contribution in [0.4, 0.5) is 0 Å². The van der Waals surface area contributed by atoms with Gasteiger partial charge in [0.2, 0.25) is 0 Å². The number of hydrogen-bond donors (Lipinski definition) is 1. The van der Waals surface area contributed by atoms with Gasteiger partial charge in [0.15, 0.2) is 5.78 Å². The summed E-state index contributed by atoms with van der Waals surface area (Å²) in [6.07, 6.45) is 7.20. The van der Waals surface area contributed by atoms with Gasteiger partial charge < -0.3 is 24.5 Å². The average molecular weight is 469 g/mol. The zero-order valence-corrected chi connectivity index (χ0v) is 22.3. The topological polar surface area (TPSA) is 116 Å². The largest absolute Gasteiger partial charge is 1.00 e. The summed E-state index contributed by atoms with van der Waals surface area (Å²) in [5, 5.41) is 22.6. The summed E-state index contributed by atoms with van der Waals surface area (Å²) in [4.78, 5) is 36.3. The van der Waals surface area contributed by atoms with Gasteiger partial charge in [0, 0.05) is 29.1 Å². The SMILES string of the molecule is COC(=O)[C@@H]1CC2=CC(=O)CC[C@]2(C)[C@@]23O[C@@H]2C[C@@]2(C)C(C=C[C@@]2(O)CCC(=O)[O-])C13.[K+]. The van der Waals surface area contributed by atoms with E-state index in [-0.39, 0.29) is 99.3 Å². The summed E-state index contributed by atoms with van der Waals surface area (Å²) in [6.45, 7) is 4.13. The number of aliphatic hydroxyl groups is 1. The number of ketones is 1. The number of rotatable bonds is 4. The summed E-state index contributed by atoms with van der Waals surface area (Å²) in [5.74, 6) is -2.31. The van der Waals surface area contributed by atoms with E-state index in [2.05, 4.69) is 6.92 Å². The summed E-state index contributed by atoms with van der Waals surface area (Å²) >= 11 is 0. The third-order valence-corrected chi connectivity index (χ3v) is 9.42. The van der Waals surface area contributed by atoms with Gasteiger partial charge in [0.05, 0.1) is 24.7 Å². The summed E-state index contributed by atoms with van der Waals surface area (Å²) in [6, 6.07) is 0. The quantitative estimate of drug-likeness (QED) is 0.222. The zero-order chi connectivity index (χ0) is 22.4. The van der Waals surface area contributed by atoms with E-state index in [1.165, 1.54) is 7.11 Å². The van der Waals surface area contributed by atoms with Crippen LogP contribution in [-0.2, 0) is 23.9 Å². The van der Waals surface area contributed by atoms with Gasteiger partial charge in [-0.2, -0.15) is 0 Å². The number of fused-ring (bicyclic) bond motifs is 3. The van der Waals surface area contributed by atoms with Gasteiger partial charge in [-0.05, 0) is 44.1 Å². The Hall–Kier alpha value is -0.354. The molecule has 0 bridgehead atoms. The number of carboxylic acid groups (broad SMARTS) is 1. The Morgan fingerprint density at radius 3 is 2.72 bits per heavy atom. The van der Waals surface area contributed by atoms with Crippen molar-refractivity contribution in [3.63, 3.8) is 0 Å². The van der Waals surface area contributed by atoms with Crippen molar-refractivity contribution < 1.29 is 85.5 Å². The molecule has 3 fully saturated rings. The molecule has 2 saturated carbocycles. The molecule has 1 spiro atoms. The minimum Gasteiger partial charge on any atom is -0.550 e. The Morgan fingerprint density at radius 2 is 2.06 bits per heavy atom. The van der Waals surface area contributed by atoms with Crippen LogP contribution in [0.25, 0.3) is 0 Å². The number of esters is 1. The molecule has 1 saturated heterocycles. The van der Waals surface area contributed by atoms with Crippen molar-refractivity contribution in [3.8, 4) is 0 Å². The monoisotopic (exact) mass is 468 g/mol. The Balaban J connectivity index is 0.00000245. The maximum atomic E-state index is 12.9. The van der Waals surface area contributed by atoms with Crippen LogP contribution in [0.3, 0.4) is 0 Å². The first-order valence-corrected chi connectivity index (χ1v) is 11.1. The van der Waals surface area contributed by atoms with E-state index in [1.54, 1.807) is 12.2 Å². The standard InChI is InChI=1S/C24H30O7.K/c1-21-7-4-14(25)10-13(21)11-15(20(28)30-3)19-16-5-8-23(29,9-6-18(26)27)22(16,2)12-17-24(19,21)31-17;/h5,8,10,15-17,19,29H,4,6-7,9,11-12H2,1-3H3,(H,26,27);/q;+1/p-1/t15-,16?,17-,19?,21+,22+,23-,24-;/m1./s1. The second-order valence-electron chi connectivity index (χ2n) is 10.5. The number of allylic oxidation sites excluding steroid dienone is 2. The fourth-order valence-corrected chi connectivity index (χ4v) is 7.62. The fraction of sp³-hybridized carbons (Fsp3) is 0.708. The molecule has 5 rings (SSSR count). The third kappa shape index (κ3) is 3.03. The van der Waals surface area contributed by atoms with Crippen LogP contribution in [-0.4, -0.2) is 47.2 Å². The molecule has 1 heterocycles. The summed E-state index contributed by atoms with van der Waals surface area (Å²) in [7, 11) is 1.37. The van der Waals surface area contributed by atoms with Gasteiger partial charge in [0.25, 0.3) is 0 Å². The van der Waals surface area contributed by atoms with Crippen molar-refractivity contribution >= 4 is 17.7 Å². The Kier molecular flexibility index (Phi) is 6.06. The molecule has 1 aliphatic heterocycles. The Labute approximate surface area is 230 Å². The van der Waals surface area contributed by atoms with Crippen molar-refractivity contribution in [3.05, 3.63) is 23.8 Å². The number of hydrogen-bond acceptors (Lipinski definition) is 7. The fourth-order valence-electron chi connectivity index (χ4n) is 7.62. The third-order valence-electron chi connectivity index (χ3n) is 9.42. The predicted octanol–water partition coefficient (Wildman–Crippen LogP) is -1.91. The normalized spacial score (nSPS) is 47.8. The van der Waals surface area contributed by atoms with E-state index < -0.39 is 28.5 Å². The molecule has 7 nitrogen and oxygen atoms in total. The summed E-state index contributed by atoms with van der Waals surface area (Å²) < 4.78 is 11.7. The molecular formula is C24H29KO7. The van der Waals surface area contributed by atoms with Crippen molar-refractivity contribution in [2.24, 2.45) is 28.6 Å². The van der Waals surface area contributed by atoms with Crippen LogP contribution in [0.5, 0.6) is 0 Å². The van der Waals surface area contributed by atoms with E-state index in [4.69, 9.17) is 9.47 Å². The molecule has 0 radical (unpaired) electrons. The van der Waals surface area contributed by atoms with Crippen molar-refractivity contribution in [2.75, 3.05) is 7.11 Å². The minimum absolute atomic E-state index is 0. The van der Waals surface area contributed by atoms with Crippen LogP contribution < -0.4 is 56.5 Å². The average Bonchev–Trinajstić information content (AvgIpc) is 3.38. The van der Waals surface area contributed by atoms with Gasteiger partial charge in [-0.15, -0.1) is 0 Å². The first-order chi connectivity index (χ1) is 14.5. The van der Waals surface area contributed by atoms with Gasteiger partial charge in [-0.3, -0.25) is 9.59 Å². The van der Waals surface area contributed by atoms with Gasteiger partial charge in [-0.1, -0.05) is 31.6 Å². The van der Waals surface area contributed by atoms with Gasteiger partial charge in [-0.25, -0.2) is 0 Å². The molecule has 5 aliphatic rings. The second-order valence-corrected chi connectivity index (χ2v) is 10.5. The predicted molar refractivity (Wildman–Crippen MR) is 106 cm³/mol. The molecule has 32 heavy (non-hydrogen) atoms.